The van der Waals surface area contributed by atoms with Crippen LogP contribution < -0.4 is 5.32 Å². The number of hydrogen-bond acceptors (Lipinski definition) is 4. The molecular weight excluding hydrogens is 294 g/mol. The Kier molecular flexibility index (Phi) is 6.45. The van der Waals surface area contributed by atoms with Crippen molar-refractivity contribution in [2.24, 2.45) is 0 Å². The fourth-order valence-corrected chi connectivity index (χ4v) is 1.80. The fourth-order valence-electron chi connectivity index (χ4n) is 1.68. The maximum Gasteiger partial charge on any atom is 0.407 e. The zero-order valence-corrected chi connectivity index (χ0v) is 13.2. The molecule has 1 amide bonds. The third-order valence-electron chi connectivity index (χ3n) is 2.68. The van der Waals surface area contributed by atoms with E-state index in [1.54, 1.807) is 45.0 Å². The highest BCUT2D eigenvalue weighted by Crippen LogP contribution is 2.20. The number of benzene rings is 1. The van der Waals surface area contributed by atoms with Gasteiger partial charge in [0, 0.05) is 11.6 Å². The number of amides is 1. The highest BCUT2D eigenvalue weighted by Gasteiger charge is 2.19. The van der Waals surface area contributed by atoms with Gasteiger partial charge in [-0.1, -0.05) is 23.7 Å². The molecule has 0 radical (unpaired) electrons. The second-order valence-electron chi connectivity index (χ2n) is 5.78. The molecule has 0 heterocycles. The molecule has 21 heavy (non-hydrogen) atoms. The molecule has 0 aliphatic rings. The predicted octanol–water partition coefficient (Wildman–Crippen LogP) is 2.65. The zero-order chi connectivity index (χ0) is 16.0. The molecule has 1 aromatic carbocycles. The van der Waals surface area contributed by atoms with Gasteiger partial charge in [-0.3, -0.25) is 0 Å². The zero-order valence-electron chi connectivity index (χ0n) is 12.5. The summed E-state index contributed by atoms with van der Waals surface area (Å²) in [6.45, 7) is 5.52. The maximum atomic E-state index is 11.4. The van der Waals surface area contributed by atoms with Gasteiger partial charge in [0.1, 0.15) is 11.7 Å². The average Bonchev–Trinajstić information content (AvgIpc) is 2.36. The van der Waals surface area contributed by atoms with Crippen molar-refractivity contribution in [3.8, 4) is 0 Å². The Bertz CT molecular complexity index is 456. The molecule has 3 N–H and O–H groups in total. The number of ether oxygens (including phenoxy) is 1. The summed E-state index contributed by atoms with van der Waals surface area (Å²) in [6.07, 6.45) is -2.34. The van der Waals surface area contributed by atoms with Crippen molar-refractivity contribution in [3.05, 3.63) is 34.9 Å². The summed E-state index contributed by atoms with van der Waals surface area (Å²) >= 11 is 5.76. The Hall–Kier alpha value is -1.30. The van der Waals surface area contributed by atoms with E-state index in [2.05, 4.69) is 5.32 Å². The normalized spacial score (nSPS) is 14.4. The molecule has 0 fully saturated rings. The topological polar surface area (TPSA) is 78.8 Å². The quantitative estimate of drug-likeness (QED) is 0.780. The number of carbonyl (C=O) groups is 1. The highest BCUT2D eigenvalue weighted by molar-refractivity contribution is 6.30. The number of aliphatic hydroxyl groups excluding tert-OH is 2. The van der Waals surface area contributed by atoms with Gasteiger partial charge in [0.25, 0.3) is 0 Å². The van der Waals surface area contributed by atoms with Crippen molar-refractivity contribution >= 4 is 17.7 Å². The molecule has 0 aromatic heterocycles. The lowest BCUT2D eigenvalue weighted by atomic mass is 10.0. The van der Waals surface area contributed by atoms with Gasteiger partial charge in [0.15, 0.2) is 0 Å². The third-order valence-corrected chi connectivity index (χ3v) is 2.94. The van der Waals surface area contributed by atoms with Gasteiger partial charge in [-0.05, 0) is 44.9 Å². The molecule has 0 aliphatic carbocycles. The molecule has 0 saturated heterocycles. The second kappa shape index (κ2) is 7.64. The van der Waals surface area contributed by atoms with Crippen molar-refractivity contribution in [1.82, 2.24) is 5.32 Å². The summed E-state index contributed by atoms with van der Waals surface area (Å²) < 4.78 is 5.07. The van der Waals surface area contributed by atoms with Crippen LogP contribution in [0.25, 0.3) is 0 Å². The van der Waals surface area contributed by atoms with Gasteiger partial charge in [-0.15, -0.1) is 0 Å². The van der Waals surface area contributed by atoms with Crippen molar-refractivity contribution in [1.29, 1.82) is 0 Å². The number of alkyl carbamates (subject to hydrolysis) is 1. The molecular formula is C15H22ClNO4. The van der Waals surface area contributed by atoms with Crippen LogP contribution in [0.15, 0.2) is 24.3 Å². The van der Waals surface area contributed by atoms with Crippen LogP contribution in [0, 0.1) is 0 Å². The van der Waals surface area contributed by atoms with E-state index in [0.29, 0.717) is 10.6 Å². The Morgan fingerprint density at radius 3 is 2.38 bits per heavy atom. The first kappa shape index (κ1) is 17.8. The van der Waals surface area contributed by atoms with E-state index in [-0.39, 0.29) is 13.0 Å². The Morgan fingerprint density at radius 2 is 1.86 bits per heavy atom. The minimum absolute atomic E-state index is 0.209. The molecule has 6 heteroatoms. The lowest BCUT2D eigenvalue weighted by Gasteiger charge is -2.21. The van der Waals surface area contributed by atoms with Crippen molar-refractivity contribution < 1.29 is 19.7 Å². The summed E-state index contributed by atoms with van der Waals surface area (Å²) in [6, 6.07) is 6.59. The number of halogens is 1. The summed E-state index contributed by atoms with van der Waals surface area (Å²) in [5.41, 5.74) is 0.00934. The predicted molar refractivity (Wildman–Crippen MR) is 81.3 cm³/mol. The summed E-state index contributed by atoms with van der Waals surface area (Å²) in [5, 5.41) is 23.0. The number of carbonyl (C=O) groups excluding carboxylic acids is 1. The van der Waals surface area contributed by atoms with E-state index in [1.807, 2.05) is 0 Å². The monoisotopic (exact) mass is 315 g/mol. The Labute approximate surface area is 129 Å². The van der Waals surface area contributed by atoms with Crippen molar-refractivity contribution in [2.45, 2.75) is 45.0 Å². The molecule has 2 atom stereocenters. The van der Waals surface area contributed by atoms with E-state index in [4.69, 9.17) is 16.3 Å². The van der Waals surface area contributed by atoms with Crippen molar-refractivity contribution in [2.75, 3.05) is 6.54 Å². The maximum absolute atomic E-state index is 11.4. The van der Waals surface area contributed by atoms with Crippen LogP contribution in [0.4, 0.5) is 4.79 Å². The largest absolute Gasteiger partial charge is 0.444 e. The van der Waals surface area contributed by atoms with Crippen LogP contribution in [0.3, 0.4) is 0 Å². The van der Waals surface area contributed by atoms with Gasteiger partial charge in [0.05, 0.1) is 6.10 Å². The summed E-state index contributed by atoms with van der Waals surface area (Å²) in [7, 11) is 0. The van der Waals surface area contributed by atoms with Crippen LogP contribution in [-0.2, 0) is 4.74 Å². The molecule has 118 valence electrons. The summed E-state index contributed by atoms with van der Waals surface area (Å²) in [4.78, 5) is 11.4. The number of aliphatic hydroxyl groups is 2. The van der Waals surface area contributed by atoms with Crippen LogP contribution in [-0.4, -0.2) is 34.6 Å². The van der Waals surface area contributed by atoms with E-state index >= 15 is 0 Å². The van der Waals surface area contributed by atoms with E-state index in [1.165, 1.54) is 0 Å². The van der Waals surface area contributed by atoms with E-state index < -0.39 is 23.9 Å². The molecule has 0 spiro atoms. The van der Waals surface area contributed by atoms with Crippen LogP contribution in [0.2, 0.25) is 5.02 Å². The van der Waals surface area contributed by atoms with Gasteiger partial charge >= 0.3 is 6.09 Å². The molecule has 0 saturated carbocycles. The SMILES string of the molecule is CC(C)(C)OC(=O)NCCC(O)C(O)c1ccc(Cl)cc1. The first-order valence-electron chi connectivity index (χ1n) is 6.77. The standard InChI is InChI=1S/C15H22ClNO4/c1-15(2,3)21-14(20)17-9-8-12(18)13(19)10-4-6-11(16)7-5-10/h4-7,12-13,18-19H,8-9H2,1-3H3,(H,17,20). The lowest BCUT2D eigenvalue weighted by molar-refractivity contribution is 0.0123. The van der Waals surface area contributed by atoms with Gasteiger partial charge in [-0.2, -0.15) is 0 Å². The second-order valence-corrected chi connectivity index (χ2v) is 6.22. The molecule has 1 rings (SSSR count). The van der Waals surface area contributed by atoms with Crippen molar-refractivity contribution in [3.63, 3.8) is 0 Å². The summed E-state index contributed by atoms with van der Waals surface area (Å²) in [5.74, 6) is 0. The Balaban J connectivity index is 2.38. The van der Waals surface area contributed by atoms with Crippen LogP contribution in [0.5, 0.6) is 0 Å². The van der Waals surface area contributed by atoms with Crippen LogP contribution >= 0.6 is 11.6 Å². The van der Waals surface area contributed by atoms with Gasteiger partial charge in [0.2, 0.25) is 0 Å². The van der Waals surface area contributed by atoms with E-state index in [0.717, 1.165) is 0 Å². The third kappa shape index (κ3) is 6.80. The van der Waals surface area contributed by atoms with E-state index in [9.17, 15) is 15.0 Å². The number of rotatable bonds is 5. The number of hydrogen-bond donors (Lipinski definition) is 3. The highest BCUT2D eigenvalue weighted by atomic mass is 35.5. The lowest BCUT2D eigenvalue weighted by Crippen LogP contribution is -2.34. The minimum atomic E-state index is -1.03. The number of nitrogens with one attached hydrogen (secondary N) is 1. The average molecular weight is 316 g/mol. The fraction of sp³-hybridized carbons (Fsp3) is 0.533. The van der Waals surface area contributed by atoms with Crippen LogP contribution in [0.1, 0.15) is 38.9 Å². The molecule has 5 nitrogen and oxygen atoms in total. The smallest absolute Gasteiger partial charge is 0.407 e. The van der Waals surface area contributed by atoms with Gasteiger partial charge in [-0.25, -0.2) is 4.79 Å². The Morgan fingerprint density at radius 1 is 1.29 bits per heavy atom. The minimum Gasteiger partial charge on any atom is -0.444 e. The molecule has 0 bridgehead atoms. The molecule has 0 aliphatic heterocycles. The first-order valence-corrected chi connectivity index (χ1v) is 7.15. The molecule has 2 unspecified atom stereocenters. The van der Waals surface area contributed by atoms with Gasteiger partial charge < -0.3 is 20.3 Å². The first-order chi connectivity index (χ1) is 9.69. The molecule has 1 aromatic rings.